The van der Waals surface area contributed by atoms with E-state index in [0.717, 1.165) is 5.56 Å². The molecule has 0 bridgehead atoms. The normalized spacial score (nSPS) is 10.3. The van der Waals surface area contributed by atoms with Crippen LogP contribution in [0.5, 0.6) is 11.5 Å². The standard InChI is InChI=1S/C18H11FN2O4/c19-14-4-2-13(3-5-14)16-7-6-15(10-20-16)25-18-9-12(11-22)1-8-17(18)21(23)24/h1-11H. The van der Waals surface area contributed by atoms with Gasteiger partial charge in [-0.05, 0) is 48.5 Å². The molecular formula is C18H11FN2O4. The molecule has 0 spiro atoms. The first-order chi connectivity index (χ1) is 12.1. The SMILES string of the molecule is O=Cc1ccc([N+](=O)[O-])c(Oc2ccc(-c3ccc(F)cc3)nc2)c1. The number of nitro groups is 1. The summed E-state index contributed by atoms with van der Waals surface area (Å²) in [4.78, 5) is 25.5. The molecule has 1 aromatic heterocycles. The highest BCUT2D eigenvalue weighted by Gasteiger charge is 2.16. The molecule has 6 nitrogen and oxygen atoms in total. The molecule has 25 heavy (non-hydrogen) atoms. The largest absolute Gasteiger partial charge is 0.448 e. The maximum Gasteiger partial charge on any atom is 0.311 e. The number of benzene rings is 2. The van der Waals surface area contributed by atoms with Gasteiger partial charge in [-0.1, -0.05) is 0 Å². The van der Waals surface area contributed by atoms with E-state index in [2.05, 4.69) is 4.98 Å². The van der Waals surface area contributed by atoms with Crippen LogP contribution in [0.1, 0.15) is 10.4 Å². The monoisotopic (exact) mass is 338 g/mol. The van der Waals surface area contributed by atoms with Gasteiger partial charge in [0.15, 0.2) is 0 Å². The summed E-state index contributed by atoms with van der Waals surface area (Å²) in [5.74, 6) is -0.117. The average molecular weight is 338 g/mol. The Labute approximate surface area is 141 Å². The molecule has 0 N–H and O–H groups in total. The van der Waals surface area contributed by atoms with E-state index in [-0.39, 0.29) is 28.6 Å². The summed E-state index contributed by atoms with van der Waals surface area (Å²) in [7, 11) is 0. The van der Waals surface area contributed by atoms with Crippen molar-refractivity contribution in [3.05, 3.63) is 82.3 Å². The zero-order chi connectivity index (χ0) is 17.8. The van der Waals surface area contributed by atoms with Gasteiger partial charge in [0.05, 0.1) is 16.8 Å². The number of pyridine rings is 1. The number of ether oxygens (including phenoxy) is 1. The van der Waals surface area contributed by atoms with Gasteiger partial charge in [0.25, 0.3) is 0 Å². The third-order valence-corrected chi connectivity index (χ3v) is 3.42. The van der Waals surface area contributed by atoms with Crippen LogP contribution in [0.2, 0.25) is 0 Å². The van der Waals surface area contributed by atoms with Crippen LogP contribution in [0.25, 0.3) is 11.3 Å². The second-order valence-corrected chi connectivity index (χ2v) is 5.09. The summed E-state index contributed by atoms with van der Waals surface area (Å²) >= 11 is 0. The zero-order valence-corrected chi connectivity index (χ0v) is 12.8. The molecule has 0 aliphatic rings. The van der Waals surface area contributed by atoms with Crippen molar-refractivity contribution in [3.8, 4) is 22.8 Å². The van der Waals surface area contributed by atoms with Crippen LogP contribution in [0.15, 0.2) is 60.8 Å². The number of nitrogens with zero attached hydrogens (tertiary/aromatic N) is 2. The number of carbonyl (C=O) groups excluding carboxylic acids is 1. The smallest absolute Gasteiger partial charge is 0.311 e. The molecule has 2 aromatic carbocycles. The number of hydrogen-bond donors (Lipinski definition) is 0. The number of hydrogen-bond acceptors (Lipinski definition) is 5. The lowest BCUT2D eigenvalue weighted by Gasteiger charge is -2.07. The van der Waals surface area contributed by atoms with Gasteiger partial charge in [0, 0.05) is 17.2 Å². The van der Waals surface area contributed by atoms with Crippen molar-refractivity contribution < 1.29 is 18.8 Å². The van der Waals surface area contributed by atoms with Crippen molar-refractivity contribution >= 4 is 12.0 Å². The van der Waals surface area contributed by atoms with E-state index in [1.54, 1.807) is 24.3 Å². The summed E-state index contributed by atoms with van der Waals surface area (Å²) < 4.78 is 18.5. The van der Waals surface area contributed by atoms with Gasteiger partial charge in [0.2, 0.25) is 5.75 Å². The van der Waals surface area contributed by atoms with Gasteiger partial charge in [-0.15, -0.1) is 0 Å². The molecule has 0 atom stereocenters. The first kappa shape index (κ1) is 16.3. The highest BCUT2D eigenvalue weighted by atomic mass is 19.1. The van der Waals surface area contributed by atoms with Crippen molar-refractivity contribution in [2.45, 2.75) is 0 Å². The Hall–Kier alpha value is -3.61. The summed E-state index contributed by atoms with van der Waals surface area (Å²) in [6.07, 6.45) is 1.97. The van der Waals surface area contributed by atoms with Gasteiger partial charge in [-0.2, -0.15) is 0 Å². The van der Waals surface area contributed by atoms with E-state index in [9.17, 15) is 19.3 Å². The van der Waals surface area contributed by atoms with Crippen LogP contribution in [0, 0.1) is 15.9 Å². The Kier molecular flexibility index (Phi) is 4.47. The van der Waals surface area contributed by atoms with E-state index < -0.39 is 4.92 Å². The van der Waals surface area contributed by atoms with Gasteiger partial charge >= 0.3 is 5.69 Å². The Morgan fingerprint density at radius 1 is 1.08 bits per heavy atom. The third-order valence-electron chi connectivity index (χ3n) is 3.42. The first-order valence-electron chi connectivity index (χ1n) is 7.20. The van der Waals surface area contributed by atoms with Crippen molar-refractivity contribution in [1.82, 2.24) is 4.98 Å². The van der Waals surface area contributed by atoms with E-state index in [0.29, 0.717) is 12.0 Å². The highest BCUT2D eigenvalue weighted by Crippen LogP contribution is 2.32. The zero-order valence-electron chi connectivity index (χ0n) is 12.8. The molecule has 0 saturated carbocycles. The lowest BCUT2D eigenvalue weighted by Crippen LogP contribution is -1.95. The van der Waals surface area contributed by atoms with Crippen molar-refractivity contribution in [2.75, 3.05) is 0 Å². The van der Waals surface area contributed by atoms with Gasteiger partial charge < -0.3 is 4.74 Å². The molecule has 3 rings (SSSR count). The van der Waals surface area contributed by atoms with Crippen molar-refractivity contribution in [3.63, 3.8) is 0 Å². The molecule has 0 fully saturated rings. The van der Waals surface area contributed by atoms with Crippen LogP contribution in [-0.2, 0) is 0 Å². The van der Waals surface area contributed by atoms with E-state index in [1.165, 1.54) is 36.5 Å². The van der Waals surface area contributed by atoms with Gasteiger partial charge in [0.1, 0.15) is 17.9 Å². The third kappa shape index (κ3) is 3.66. The minimum Gasteiger partial charge on any atom is -0.448 e. The molecule has 0 amide bonds. The number of aldehydes is 1. The lowest BCUT2D eigenvalue weighted by molar-refractivity contribution is -0.385. The second kappa shape index (κ2) is 6.88. The topological polar surface area (TPSA) is 82.3 Å². The number of rotatable bonds is 5. The molecule has 0 saturated heterocycles. The highest BCUT2D eigenvalue weighted by molar-refractivity contribution is 5.77. The van der Waals surface area contributed by atoms with E-state index in [1.807, 2.05) is 0 Å². The fraction of sp³-hybridized carbons (Fsp3) is 0. The van der Waals surface area contributed by atoms with E-state index in [4.69, 9.17) is 4.74 Å². The summed E-state index contributed by atoms with van der Waals surface area (Å²) in [6, 6.07) is 12.9. The molecule has 124 valence electrons. The lowest BCUT2D eigenvalue weighted by atomic mass is 10.1. The van der Waals surface area contributed by atoms with Crippen LogP contribution < -0.4 is 4.74 Å². The number of aromatic nitrogens is 1. The number of carbonyl (C=O) groups is 1. The Balaban J connectivity index is 1.87. The summed E-state index contributed by atoms with van der Waals surface area (Å²) in [5.41, 5.74) is 1.33. The molecule has 7 heteroatoms. The fourth-order valence-corrected chi connectivity index (χ4v) is 2.20. The summed E-state index contributed by atoms with van der Waals surface area (Å²) in [5, 5.41) is 11.1. The molecule has 0 radical (unpaired) electrons. The van der Waals surface area contributed by atoms with E-state index >= 15 is 0 Å². The maximum absolute atomic E-state index is 13.0. The number of nitro benzene ring substituents is 1. The maximum atomic E-state index is 13.0. The predicted molar refractivity (Wildman–Crippen MR) is 88.2 cm³/mol. The van der Waals surface area contributed by atoms with Crippen molar-refractivity contribution in [1.29, 1.82) is 0 Å². The van der Waals surface area contributed by atoms with Gasteiger partial charge in [-0.25, -0.2) is 4.39 Å². The van der Waals surface area contributed by atoms with Crippen LogP contribution in [0.4, 0.5) is 10.1 Å². The van der Waals surface area contributed by atoms with Crippen LogP contribution in [0.3, 0.4) is 0 Å². The Morgan fingerprint density at radius 3 is 2.44 bits per heavy atom. The Morgan fingerprint density at radius 2 is 1.84 bits per heavy atom. The molecular weight excluding hydrogens is 327 g/mol. The fourth-order valence-electron chi connectivity index (χ4n) is 2.20. The van der Waals surface area contributed by atoms with Crippen LogP contribution >= 0.6 is 0 Å². The quantitative estimate of drug-likeness (QED) is 0.391. The van der Waals surface area contributed by atoms with Gasteiger partial charge in [-0.3, -0.25) is 19.9 Å². The Bertz CT molecular complexity index is 925. The number of halogens is 1. The predicted octanol–water partition coefficient (Wildman–Crippen LogP) is 4.40. The first-order valence-corrected chi connectivity index (χ1v) is 7.20. The van der Waals surface area contributed by atoms with Crippen LogP contribution in [-0.4, -0.2) is 16.2 Å². The minimum atomic E-state index is -0.593. The summed E-state index contributed by atoms with van der Waals surface area (Å²) in [6.45, 7) is 0. The second-order valence-electron chi connectivity index (χ2n) is 5.09. The molecule has 0 aliphatic heterocycles. The molecule has 1 heterocycles. The minimum absolute atomic E-state index is 0.0501. The molecule has 0 unspecified atom stereocenters. The van der Waals surface area contributed by atoms with Crippen molar-refractivity contribution in [2.24, 2.45) is 0 Å². The molecule has 3 aromatic rings. The molecule has 0 aliphatic carbocycles. The average Bonchev–Trinajstić information content (AvgIpc) is 2.63.